The molecule has 0 fully saturated rings. The largest absolute Gasteiger partial charge is 0.480 e. The monoisotopic (exact) mass is 505 g/mol. The fourth-order valence-electron chi connectivity index (χ4n) is 3.72. The summed E-state index contributed by atoms with van der Waals surface area (Å²) in [5.74, 6) is -3.33. The molecule has 0 aliphatic heterocycles. The number of carbonyl (C=O) groups excluding carboxylic acids is 3. The molecule has 10 nitrogen and oxygen atoms in total. The predicted molar refractivity (Wildman–Crippen MR) is 139 cm³/mol. The first-order valence-electron chi connectivity index (χ1n) is 12.6. The third-order valence-electron chi connectivity index (χ3n) is 6.24. The molecule has 1 rings (SSSR count). The van der Waals surface area contributed by atoms with Crippen molar-refractivity contribution in [2.75, 3.05) is 6.54 Å². The lowest BCUT2D eigenvalue weighted by Crippen LogP contribution is -2.59. The van der Waals surface area contributed by atoms with Crippen LogP contribution in [-0.2, 0) is 25.6 Å². The van der Waals surface area contributed by atoms with Gasteiger partial charge in [-0.3, -0.25) is 14.4 Å². The highest BCUT2D eigenvalue weighted by atomic mass is 16.4. The van der Waals surface area contributed by atoms with E-state index < -0.39 is 47.9 Å². The number of carboxylic acid groups (broad SMARTS) is 1. The molecule has 1 aromatic carbocycles. The fourth-order valence-corrected chi connectivity index (χ4v) is 3.72. The summed E-state index contributed by atoms with van der Waals surface area (Å²) >= 11 is 0. The topological polar surface area (TPSA) is 177 Å². The highest BCUT2D eigenvalue weighted by Gasteiger charge is 2.33. The number of nitrogens with two attached hydrogens (primary N) is 2. The van der Waals surface area contributed by atoms with Crippen molar-refractivity contribution in [1.82, 2.24) is 16.0 Å². The summed E-state index contributed by atoms with van der Waals surface area (Å²) in [6.07, 6.45) is 2.46. The summed E-state index contributed by atoms with van der Waals surface area (Å²) in [5, 5.41) is 17.5. The predicted octanol–water partition coefficient (Wildman–Crippen LogP) is 0.927. The summed E-state index contributed by atoms with van der Waals surface area (Å²) < 4.78 is 0. The van der Waals surface area contributed by atoms with Gasteiger partial charge in [-0.25, -0.2) is 4.79 Å². The van der Waals surface area contributed by atoms with E-state index >= 15 is 0 Å². The molecule has 0 radical (unpaired) electrons. The van der Waals surface area contributed by atoms with E-state index in [-0.39, 0.29) is 11.8 Å². The van der Waals surface area contributed by atoms with Gasteiger partial charge in [-0.2, -0.15) is 0 Å². The van der Waals surface area contributed by atoms with E-state index in [9.17, 15) is 24.3 Å². The van der Waals surface area contributed by atoms with E-state index in [1.807, 2.05) is 37.3 Å². The lowest BCUT2D eigenvalue weighted by atomic mass is 9.97. The molecule has 202 valence electrons. The quantitative estimate of drug-likeness (QED) is 0.181. The van der Waals surface area contributed by atoms with Gasteiger partial charge in [0.2, 0.25) is 17.7 Å². The third kappa shape index (κ3) is 10.3. The molecule has 3 amide bonds. The highest BCUT2D eigenvalue weighted by Crippen LogP contribution is 2.11. The van der Waals surface area contributed by atoms with Crippen molar-refractivity contribution in [1.29, 1.82) is 0 Å². The van der Waals surface area contributed by atoms with Crippen molar-refractivity contribution < 1.29 is 24.3 Å². The number of rotatable bonds is 16. The number of unbranched alkanes of at least 4 members (excludes halogenated alkanes) is 1. The second-order valence-electron chi connectivity index (χ2n) is 9.58. The molecule has 10 heteroatoms. The van der Waals surface area contributed by atoms with E-state index in [2.05, 4.69) is 16.0 Å². The minimum Gasteiger partial charge on any atom is -0.480 e. The average molecular weight is 506 g/mol. The normalized spacial score (nSPS) is 15.3. The number of hydrogen-bond donors (Lipinski definition) is 6. The van der Waals surface area contributed by atoms with Gasteiger partial charge in [-0.15, -0.1) is 0 Å². The van der Waals surface area contributed by atoms with Crippen LogP contribution in [0.5, 0.6) is 0 Å². The molecule has 0 saturated carbocycles. The van der Waals surface area contributed by atoms with Crippen molar-refractivity contribution in [3.05, 3.63) is 35.9 Å². The molecule has 0 aromatic heterocycles. The minimum absolute atomic E-state index is 0.288. The van der Waals surface area contributed by atoms with Crippen LogP contribution in [0, 0.1) is 11.8 Å². The number of hydrogen-bond acceptors (Lipinski definition) is 6. The van der Waals surface area contributed by atoms with E-state index in [0.29, 0.717) is 38.6 Å². The first kappa shape index (κ1) is 31.1. The SMILES string of the molecule is CCC(C)C(NC(=O)C(NC(=O)C(CCCCN)NC(=O)C(N)Cc1ccccc1)C(C)C)C(=O)O. The lowest BCUT2D eigenvalue weighted by molar-refractivity contribution is -0.144. The number of carbonyl (C=O) groups is 4. The molecule has 8 N–H and O–H groups in total. The summed E-state index contributed by atoms with van der Waals surface area (Å²) in [7, 11) is 0. The van der Waals surface area contributed by atoms with Gasteiger partial charge in [-0.05, 0) is 49.6 Å². The summed E-state index contributed by atoms with van der Waals surface area (Å²) in [6, 6.07) is 5.51. The van der Waals surface area contributed by atoms with E-state index in [4.69, 9.17) is 11.5 Å². The fraction of sp³-hybridized carbons (Fsp3) is 0.615. The number of benzene rings is 1. The lowest BCUT2D eigenvalue weighted by Gasteiger charge is -2.28. The molecule has 5 unspecified atom stereocenters. The van der Waals surface area contributed by atoms with Crippen LogP contribution in [-0.4, -0.2) is 59.5 Å². The van der Waals surface area contributed by atoms with Crippen molar-refractivity contribution in [2.45, 2.75) is 84.0 Å². The molecular formula is C26H43N5O5. The molecular weight excluding hydrogens is 462 g/mol. The van der Waals surface area contributed by atoms with Gasteiger partial charge in [0.1, 0.15) is 18.1 Å². The third-order valence-corrected chi connectivity index (χ3v) is 6.24. The number of nitrogens with one attached hydrogen (secondary N) is 3. The second kappa shape index (κ2) is 15.9. The van der Waals surface area contributed by atoms with Gasteiger partial charge in [0.05, 0.1) is 6.04 Å². The Balaban J connectivity index is 2.95. The van der Waals surface area contributed by atoms with Crippen LogP contribution < -0.4 is 27.4 Å². The van der Waals surface area contributed by atoms with Crippen molar-refractivity contribution in [2.24, 2.45) is 23.3 Å². The second-order valence-corrected chi connectivity index (χ2v) is 9.58. The Kier molecular flexibility index (Phi) is 13.7. The van der Waals surface area contributed by atoms with Gasteiger partial charge >= 0.3 is 5.97 Å². The zero-order valence-corrected chi connectivity index (χ0v) is 21.8. The zero-order valence-electron chi connectivity index (χ0n) is 21.8. The number of aliphatic carboxylic acids is 1. The molecule has 0 bridgehead atoms. The molecule has 5 atom stereocenters. The Labute approximate surface area is 213 Å². The first-order valence-corrected chi connectivity index (χ1v) is 12.6. The summed E-state index contributed by atoms with van der Waals surface area (Å²) in [4.78, 5) is 50.6. The Hall–Kier alpha value is -2.98. The molecule has 0 aliphatic rings. The summed E-state index contributed by atoms with van der Waals surface area (Å²) in [5.41, 5.74) is 12.6. The van der Waals surface area contributed by atoms with Crippen LogP contribution in [0.1, 0.15) is 58.9 Å². The Morgan fingerprint density at radius 2 is 1.50 bits per heavy atom. The molecule has 0 saturated heterocycles. The van der Waals surface area contributed by atoms with E-state index in [0.717, 1.165) is 5.56 Å². The standard InChI is InChI=1S/C26H43N5O5/c1-5-17(4)22(26(35)36)31-25(34)21(16(2)3)30-24(33)20(13-9-10-14-27)29-23(32)19(28)15-18-11-7-6-8-12-18/h6-8,11-12,16-17,19-22H,5,9-10,13-15,27-28H2,1-4H3,(H,29,32)(H,30,33)(H,31,34)(H,35,36). The first-order chi connectivity index (χ1) is 17.0. The minimum atomic E-state index is -1.13. The van der Waals surface area contributed by atoms with Crippen LogP contribution in [0.3, 0.4) is 0 Å². The van der Waals surface area contributed by atoms with Crippen LogP contribution in [0.25, 0.3) is 0 Å². The van der Waals surface area contributed by atoms with E-state index in [1.165, 1.54) is 0 Å². The van der Waals surface area contributed by atoms with Gasteiger partial charge in [-0.1, -0.05) is 64.4 Å². The number of carboxylic acids is 1. The van der Waals surface area contributed by atoms with Crippen molar-refractivity contribution in [3.63, 3.8) is 0 Å². The van der Waals surface area contributed by atoms with Gasteiger partial charge in [0, 0.05) is 0 Å². The Morgan fingerprint density at radius 3 is 2.03 bits per heavy atom. The summed E-state index contributed by atoms with van der Waals surface area (Å²) in [6.45, 7) is 7.52. The highest BCUT2D eigenvalue weighted by molar-refractivity contribution is 5.94. The van der Waals surface area contributed by atoms with Crippen molar-refractivity contribution in [3.8, 4) is 0 Å². The molecule has 0 heterocycles. The van der Waals surface area contributed by atoms with Crippen LogP contribution in [0.2, 0.25) is 0 Å². The molecule has 36 heavy (non-hydrogen) atoms. The zero-order chi connectivity index (χ0) is 27.3. The average Bonchev–Trinajstić information content (AvgIpc) is 2.84. The van der Waals surface area contributed by atoms with Gasteiger partial charge in [0.15, 0.2) is 0 Å². The van der Waals surface area contributed by atoms with Gasteiger partial charge in [0.25, 0.3) is 0 Å². The molecule has 0 spiro atoms. The van der Waals surface area contributed by atoms with E-state index in [1.54, 1.807) is 20.8 Å². The Morgan fingerprint density at radius 1 is 0.889 bits per heavy atom. The van der Waals surface area contributed by atoms with Gasteiger partial charge < -0.3 is 32.5 Å². The van der Waals surface area contributed by atoms with Crippen molar-refractivity contribution >= 4 is 23.7 Å². The number of amides is 3. The molecule has 1 aromatic rings. The maximum atomic E-state index is 13.2. The van der Waals surface area contributed by atoms with Crippen LogP contribution in [0.4, 0.5) is 0 Å². The van der Waals surface area contributed by atoms with Crippen LogP contribution in [0.15, 0.2) is 30.3 Å². The smallest absolute Gasteiger partial charge is 0.326 e. The maximum Gasteiger partial charge on any atom is 0.326 e. The van der Waals surface area contributed by atoms with Crippen LogP contribution >= 0.6 is 0 Å². The maximum absolute atomic E-state index is 13.2. The Bertz CT molecular complexity index is 848. The molecule has 0 aliphatic carbocycles.